The number of unbranched alkanes of at least 4 members (excludes halogenated alkanes) is 2. The van der Waals surface area contributed by atoms with Crippen LogP contribution in [0.3, 0.4) is 0 Å². The predicted molar refractivity (Wildman–Crippen MR) is 185 cm³/mol. The second kappa shape index (κ2) is 15.3. The van der Waals surface area contributed by atoms with E-state index in [9.17, 15) is 26.7 Å². The van der Waals surface area contributed by atoms with Gasteiger partial charge in [0.2, 0.25) is 0 Å². The van der Waals surface area contributed by atoms with E-state index in [2.05, 4.69) is 31.0 Å². The normalized spacial score (nSPS) is 30.7. The first-order chi connectivity index (χ1) is 23.4. The molecule has 1 spiro atoms. The number of ether oxygens (including phenoxy) is 2. The van der Waals surface area contributed by atoms with Crippen LogP contribution in [0.4, 0.5) is 22.0 Å². The highest BCUT2D eigenvalue weighted by molar-refractivity contribution is 7.99. The van der Waals surface area contributed by atoms with Crippen molar-refractivity contribution in [2.24, 2.45) is 28.6 Å². The Bertz CT molecular complexity index is 1280. The van der Waals surface area contributed by atoms with Gasteiger partial charge in [0, 0.05) is 24.3 Å². The number of carbonyl (C=O) groups excluding carboxylic acids is 1. The van der Waals surface area contributed by atoms with E-state index >= 15 is 0 Å². The third-order valence-corrected chi connectivity index (χ3v) is 14.4. The SMILES string of the molecule is CN(CCCCC[C@@H]1C(=O)c2cc(OC3CCCCO3)ccc2C2CC[C@@]3(C)C(CCC34CC4)C21)CCCSCCCC(F)(F)C(F)(F)F. The minimum atomic E-state index is -5.46. The Labute approximate surface area is 294 Å². The molecule has 276 valence electrons. The second-order valence-electron chi connectivity index (χ2n) is 16.1. The van der Waals surface area contributed by atoms with E-state index in [4.69, 9.17) is 9.47 Å². The molecule has 4 fully saturated rings. The molecule has 10 heteroatoms. The topological polar surface area (TPSA) is 38.8 Å². The van der Waals surface area contributed by atoms with Crippen LogP contribution < -0.4 is 4.74 Å². The standard InChI is InChI=1S/C39H56F5NO3S/c1-36-17-14-29-28-13-12-27(48-33-11-5-7-23-47-33)26-31(28)35(46)30(34(29)32(36)15-18-37(36)19-20-37)10-4-3-6-21-45(2)22-9-25-49-24-8-16-38(40,41)39(42,43)44/h12-13,26,29-30,32-34H,3-11,14-25H2,1-2H3/t29?,30-,32?,33?,34?,36-/m0/s1. The summed E-state index contributed by atoms with van der Waals surface area (Å²) in [7, 11) is 2.08. The lowest BCUT2D eigenvalue weighted by molar-refractivity contribution is -0.284. The molecule has 4 aliphatic carbocycles. The van der Waals surface area contributed by atoms with Crippen LogP contribution in [0.5, 0.6) is 5.75 Å². The van der Waals surface area contributed by atoms with Crippen LogP contribution in [-0.2, 0) is 4.74 Å². The van der Waals surface area contributed by atoms with Crippen molar-refractivity contribution in [3.8, 4) is 5.75 Å². The van der Waals surface area contributed by atoms with Crippen LogP contribution in [-0.4, -0.2) is 67.3 Å². The minimum Gasteiger partial charge on any atom is -0.465 e. The van der Waals surface area contributed by atoms with Gasteiger partial charge in [-0.1, -0.05) is 25.8 Å². The van der Waals surface area contributed by atoms with Crippen LogP contribution in [0, 0.1) is 28.6 Å². The Morgan fingerprint density at radius 3 is 2.45 bits per heavy atom. The average Bonchev–Trinajstić information content (AvgIpc) is 3.80. The largest absolute Gasteiger partial charge is 0.465 e. The lowest BCUT2D eigenvalue weighted by Crippen LogP contribution is -2.48. The van der Waals surface area contributed by atoms with Gasteiger partial charge in [0.25, 0.3) is 0 Å². The summed E-state index contributed by atoms with van der Waals surface area (Å²) in [5, 5.41) is 0. The molecule has 0 radical (unpaired) electrons. The summed E-state index contributed by atoms with van der Waals surface area (Å²) in [6, 6.07) is 6.29. The van der Waals surface area contributed by atoms with Crippen molar-refractivity contribution in [2.45, 2.75) is 134 Å². The Morgan fingerprint density at radius 1 is 0.939 bits per heavy atom. The highest BCUT2D eigenvalue weighted by Crippen LogP contribution is 2.76. The zero-order valence-corrected chi connectivity index (χ0v) is 30.3. The van der Waals surface area contributed by atoms with Crippen LogP contribution >= 0.6 is 11.8 Å². The summed E-state index contributed by atoms with van der Waals surface area (Å²) >= 11 is 1.44. The fraction of sp³-hybridized carbons (Fsp3) is 0.821. The van der Waals surface area contributed by atoms with E-state index in [-0.39, 0.29) is 18.6 Å². The highest BCUT2D eigenvalue weighted by Gasteiger charge is 2.67. The van der Waals surface area contributed by atoms with Gasteiger partial charge in [-0.3, -0.25) is 4.79 Å². The number of ketones is 1. The van der Waals surface area contributed by atoms with Crippen molar-refractivity contribution in [3.05, 3.63) is 29.3 Å². The van der Waals surface area contributed by atoms with Crippen LogP contribution in [0.1, 0.15) is 131 Å². The molecule has 4 nitrogen and oxygen atoms in total. The summed E-state index contributed by atoms with van der Waals surface area (Å²) in [5.41, 5.74) is 3.02. The Kier molecular flexibility index (Phi) is 11.7. The second-order valence-corrected chi connectivity index (χ2v) is 17.3. The van der Waals surface area contributed by atoms with Crippen molar-refractivity contribution in [1.82, 2.24) is 4.90 Å². The third kappa shape index (κ3) is 8.01. The number of nitrogens with zero attached hydrogens (tertiary/aromatic N) is 1. The quantitative estimate of drug-likeness (QED) is 0.126. The molecule has 5 aliphatic rings. The molecule has 49 heavy (non-hydrogen) atoms. The Morgan fingerprint density at radius 2 is 1.71 bits per heavy atom. The zero-order valence-electron chi connectivity index (χ0n) is 29.4. The molecule has 4 unspecified atom stereocenters. The van der Waals surface area contributed by atoms with Gasteiger partial charge in [-0.2, -0.15) is 33.7 Å². The van der Waals surface area contributed by atoms with Gasteiger partial charge in [-0.25, -0.2) is 0 Å². The molecule has 0 bridgehead atoms. The molecule has 6 atom stereocenters. The van der Waals surface area contributed by atoms with E-state index in [1.54, 1.807) is 0 Å². The number of rotatable bonds is 16. The van der Waals surface area contributed by atoms with Gasteiger partial charge >= 0.3 is 12.1 Å². The molecule has 0 aromatic heterocycles. The number of hydrogen-bond acceptors (Lipinski definition) is 5. The number of thioether (sulfide) groups is 1. The smallest absolute Gasteiger partial charge is 0.453 e. The van der Waals surface area contributed by atoms with Gasteiger partial charge in [0.1, 0.15) is 5.75 Å². The Balaban J connectivity index is 0.995. The van der Waals surface area contributed by atoms with E-state index in [1.807, 2.05) is 6.07 Å². The molecular weight excluding hydrogens is 657 g/mol. The summed E-state index contributed by atoms with van der Waals surface area (Å²) in [5.74, 6) is -0.927. The number of benzene rings is 1. The first-order valence-electron chi connectivity index (χ1n) is 19.0. The van der Waals surface area contributed by atoms with Crippen LogP contribution in [0.2, 0.25) is 0 Å². The number of carbonyl (C=O) groups is 1. The molecule has 0 amide bonds. The maximum Gasteiger partial charge on any atom is 0.453 e. The first kappa shape index (κ1) is 37.4. The van der Waals surface area contributed by atoms with Gasteiger partial charge in [-0.15, -0.1) is 0 Å². The molecule has 6 rings (SSSR count). The number of Topliss-reactive ketones (excluding diaryl/α,β-unsaturated/α-hetero) is 1. The predicted octanol–water partition coefficient (Wildman–Crippen LogP) is 10.7. The average molecular weight is 714 g/mol. The summed E-state index contributed by atoms with van der Waals surface area (Å²) in [6.45, 7) is 5.10. The van der Waals surface area contributed by atoms with E-state index in [0.717, 1.165) is 88.1 Å². The summed E-state index contributed by atoms with van der Waals surface area (Å²) in [4.78, 5) is 16.8. The fourth-order valence-electron chi connectivity index (χ4n) is 10.2. The van der Waals surface area contributed by atoms with Crippen molar-refractivity contribution in [1.29, 1.82) is 0 Å². The molecule has 0 N–H and O–H groups in total. The van der Waals surface area contributed by atoms with Crippen LogP contribution in [0.15, 0.2) is 18.2 Å². The molecular formula is C39H56F5NO3S. The fourth-order valence-corrected chi connectivity index (χ4v) is 11.1. The molecule has 1 aromatic rings. The third-order valence-electron chi connectivity index (χ3n) is 13.2. The Hall–Kier alpha value is -1.39. The maximum absolute atomic E-state index is 14.5. The molecule has 1 aliphatic heterocycles. The highest BCUT2D eigenvalue weighted by atomic mass is 32.2. The first-order valence-corrected chi connectivity index (χ1v) is 20.2. The number of hydrogen-bond donors (Lipinski definition) is 0. The molecule has 3 saturated carbocycles. The zero-order chi connectivity index (χ0) is 34.9. The van der Waals surface area contributed by atoms with Crippen molar-refractivity contribution >= 4 is 17.5 Å². The van der Waals surface area contributed by atoms with Gasteiger partial charge in [0.15, 0.2) is 12.1 Å². The minimum absolute atomic E-state index is 0.0584. The number of halogens is 5. The summed E-state index contributed by atoms with van der Waals surface area (Å²) in [6.07, 6.45) is 8.77. The van der Waals surface area contributed by atoms with Gasteiger partial charge in [0.05, 0.1) is 6.61 Å². The molecule has 1 saturated heterocycles. The van der Waals surface area contributed by atoms with Crippen molar-refractivity contribution in [2.75, 3.05) is 38.2 Å². The monoisotopic (exact) mass is 713 g/mol. The number of alkyl halides is 5. The molecule has 1 aromatic carbocycles. The van der Waals surface area contributed by atoms with Gasteiger partial charge in [-0.05, 0) is 155 Å². The van der Waals surface area contributed by atoms with Crippen molar-refractivity contribution < 1.29 is 36.2 Å². The van der Waals surface area contributed by atoms with Crippen LogP contribution in [0.25, 0.3) is 0 Å². The van der Waals surface area contributed by atoms with Crippen molar-refractivity contribution in [3.63, 3.8) is 0 Å². The maximum atomic E-state index is 14.5. The summed E-state index contributed by atoms with van der Waals surface area (Å²) < 4.78 is 75.1. The number of fused-ring (bicyclic) bond motifs is 6. The lowest BCUT2D eigenvalue weighted by atomic mass is 9.50. The lowest BCUT2D eigenvalue weighted by Gasteiger charge is -2.53. The van der Waals surface area contributed by atoms with E-state index in [1.165, 1.54) is 55.9 Å². The van der Waals surface area contributed by atoms with Gasteiger partial charge < -0.3 is 14.4 Å². The van der Waals surface area contributed by atoms with E-state index in [0.29, 0.717) is 40.1 Å². The molecule has 1 heterocycles. The van der Waals surface area contributed by atoms with E-state index < -0.39 is 18.5 Å².